The molecule has 1 aliphatic heterocycles. The summed E-state index contributed by atoms with van der Waals surface area (Å²) in [4.78, 5) is 15.1. The van der Waals surface area contributed by atoms with Gasteiger partial charge in [0.25, 0.3) is 0 Å². The molecule has 1 atom stereocenters. The Kier molecular flexibility index (Phi) is 9.04. The first-order valence-corrected chi connectivity index (χ1v) is 15.2. The van der Waals surface area contributed by atoms with Gasteiger partial charge in [-0.3, -0.25) is 9.36 Å². The molecule has 37 heavy (non-hydrogen) atoms. The van der Waals surface area contributed by atoms with Gasteiger partial charge in [-0.15, -0.1) is 10.2 Å². The van der Waals surface area contributed by atoms with Crippen molar-refractivity contribution in [1.82, 2.24) is 24.0 Å². The molecule has 1 fully saturated rings. The second-order valence-electron chi connectivity index (χ2n) is 9.37. The zero-order valence-electron chi connectivity index (χ0n) is 21.7. The fraction of sp³-hybridized carbons (Fsp3) is 0.444. The molecule has 8 nitrogen and oxygen atoms in total. The third-order valence-electron chi connectivity index (χ3n) is 6.67. The Hall–Kier alpha value is -2.69. The molecule has 0 saturated carbocycles. The van der Waals surface area contributed by atoms with Crippen molar-refractivity contribution < 1.29 is 13.2 Å². The summed E-state index contributed by atoms with van der Waals surface area (Å²) in [5.74, 6) is 1.49. The van der Waals surface area contributed by atoms with Crippen molar-refractivity contribution in [3.63, 3.8) is 0 Å². The normalized spacial score (nSPS) is 16.3. The van der Waals surface area contributed by atoms with Gasteiger partial charge in [0.2, 0.25) is 15.9 Å². The molecule has 0 bridgehead atoms. The first-order valence-electron chi connectivity index (χ1n) is 12.8. The van der Waals surface area contributed by atoms with Crippen LogP contribution >= 0.6 is 11.8 Å². The highest BCUT2D eigenvalue weighted by molar-refractivity contribution is 7.99. The van der Waals surface area contributed by atoms with Crippen molar-refractivity contribution in [2.24, 2.45) is 5.92 Å². The Balaban J connectivity index is 1.64. The standard InChI is InChI=1S/C27H35N5O3S2/c1-4-31(5-2)37(34,35)24-15-9-14-23(17-24)26-28-29-27(32(26)19-22-12-7-6-8-13-22)36-20-25(33)30-16-10-11-21(3)18-30/h6-9,12-15,17,21H,4-5,10-11,16,18-20H2,1-3H3/t21-/m0/s1. The molecule has 10 heteroatoms. The predicted octanol–water partition coefficient (Wildman–Crippen LogP) is 4.37. The molecule has 1 amide bonds. The number of hydrogen-bond acceptors (Lipinski definition) is 6. The smallest absolute Gasteiger partial charge is 0.243 e. The largest absolute Gasteiger partial charge is 0.342 e. The van der Waals surface area contributed by atoms with Crippen molar-refractivity contribution in [1.29, 1.82) is 0 Å². The first-order chi connectivity index (χ1) is 17.8. The van der Waals surface area contributed by atoms with Crippen LogP contribution in [0.2, 0.25) is 0 Å². The Bertz CT molecular complexity index is 1310. The number of hydrogen-bond donors (Lipinski definition) is 0. The van der Waals surface area contributed by atoms with E-state index in [4.69, 9.17) is 0 Å². The number of nitrogens with zero attached hydrogens (tertiary/aromatic N) is 5. The van der Waals surface area contributed by atoms with Crippen LogP contribution in [0.5, 0.6) is 0 Å². The number of aromatic nitrogens is 3. The minimum Gasteiger partial charge on any atom is -0.342 e. The Labute approximate surface area is 224 Å². The number of carbonyl (C=O) groups is 1. The maximum absolute atomic E-state index is 13.1. The zero-order chi connectivity index (χ0) is 26.4. The quantitative estimate of drug-likeness (QED) is 0.354. The molecular formula is C27H35N5O3S2. The maximum atomic E-state index is 13.1. The van der Waals surface area contributed by atoms with Crippen LogP contribution in [-0.2, 0) is 21.4 Å². The first kappa shape index (κ1) is 27.3. The van der Waals surface area contributed by atoms with Crippen LogP contribution in [0.1, 0.15) is 39.2 Å². The van der Waals surface area contributed by atoms with E-state index in [-0.39, 0.29) is 16.6 Å². The molecule has 4 rings (SSSR count). The zero-order valence-corrected chi connectivity index (χ0v) is 23.3. The van der Waals surface area contributed by atoms with Crippen molar-refractivity contribution in [3.05, 3.63) is 60.2 Å². The minimum atomic E-state index is -3.61. The van der Waals surface area contributed by atoms with E-state index < -0.39 is 10.0 Å². The number of rotatable bonds is 10. The molecule has 2 aromatic carbocycles. The highest BCUT2D eigenvalue weighted by Crippen LogP contribution is 2.28. The summed E-state index contributed by atoms with van der Waals surface area (Å²) < 4.78 is 29.7. The van der Waals surface area contributed by atoms with Crippen LogP contribution in [0.15, 0.2) is 64.6 Å². The third kappa shape index (κ3) is 6.42. The molecule has 2 heterocycles. The second-order valence-corrected chi connectivity index (χ2v) is 12.3. The maximum Gasteiger partial charge on any atom is 0.243 e. The second kappa shape index (κ2) is 12.2. The molecule has 3 aromatic rings. The van der Waals surface area contributed by atoms with Gasteiger partial charge in [0.05, 0.1) is 17.2 Å². The molecule has 1 aromatic heterocycles. The van der Waals surface area contributed by atoms with E-state index in [9.17, 15) is 13.2 Å². The highest BCUT2D eigenvalue weighted by atomic mass is 32.2. The number of carbonyl (C=O) groups excluding carboxylic acids is 1. The Morgan fingerprint density at radius 1 is 1.08 bits per heavy atom. The lowest BCUT2D eigenvalue weighted by Gasteiger charge is -2.30. The summed E-state index contributed by atoms with van der Waals surface area (Å²) in [6.07, 6.45) is 2.20. The summed E-state index contributed by atoms with van der Waals surface area (Å²) in [6, 6.07) is 16.8. The van der Waals surface area contributed by atoms with Crippen LogP contribution in [-0.4, -0.2) is 70.2 Å². The predicted molar refractivity (Wildman–Crippen MR) is 147 cm³/mol. The summed E-state index contributed by atoms with van der Waals surface area (Å²) in [5.41, 5.74) is 1.73. The van der Waals surface area contributed by atoms with Crippen LogP contribution < -0.4 is 0 Å². The van der Waals surface area contributed by atoms with E-state index in [0.717, 1.165) is 31.5 Å². The van der Waals surface area contributed by atoms with E-state index in [2.05, 4.69) is 17.1 Å². The number of benzene rings is 2. The average molecular weight is 542 g/mol. The van der Waals surface area contributed by atoms with Gasteiger partial charge in [-0.1, -0.05) is 75.0 Å². The van der Waals surface area contributed by atoms with E-state index >= 15 is 0 Å². The van der Waals surface area contributed by atoms with Crippen LogP contribution in [0.25, 0.3) is 11.4 Å². The van der Waals surface area contributed by atoms with Gasteiger partial charge in [0.15, 0.2) is 11.0 Å². The molecule has 0 unspecified atom stereocenters. The lowest BCUT2D eigenvalue weighted by molar-refractivity contribution is -0.130. The van der Waals surface area contributed by atoms with Gasteiger partial charge in [-0.2, -0.15) is 4.31 Å². The van der Waals surface area contributed by atoms with E-state index in [0.29, 0.717) is 42.1 Å². The van der Waals surface area contributed by atoms with E-state index in [1.54, 1.807) is 18.2 Å². The fourth-order valence-corrected chi connectivity index (χ4v) is 7.00. The molecule has 0 aliphatic carbocycles. The van der Waals surface area contributed by atoms with Gasteiger partial charge in [0, 0.05) is 31.7 Å². The van der Waals surface area contributed by atoms with Gasteiger partial charge < -0.3 is 4.90 Å². The van der Waals surface area contributed by atoms with E-state index in [1.165, 1.54) is 16.1 Å². The Morgan fingerprint density at radius 2 is 1.84 bits per heavy atom. The number of thioether (sulfide) groups is 1. The highest BCUT2D eigenvalue weighted by Gasteiger charge is 2.25. The average Bonchev–Trinajstić information content (AvgIpc) is 3.30. The lowest BCUT2D eigenvalue weighted by atomic mass is 10.0. The van der Waals surface area contributed by atoms with Crippen molar-refractivity contribution >= 4 is 27.7 Å². The molecule has 1 saturated heterocycles. The van der Waals surface area contributed by atoms with Crippen LogP contribution in [0.4, 0.5) is 0 Å². The van der Waals surface area contributed by atoms with Gasteiger partial charge in [0.1, 0.15) is 0 Å². The topological polar surface area (TPSA) is 88.4 Å². The minimum absolute atomic E-state index is 0.111. The fourth-order valence-electron chi connectivity index (χ4n) is 4.66. The van der Waals surface area contributed by atoms with Crippen molar-refractivity contribution in [2.75, 3.05) is 31.9 Å². The van der Waals surface area contributed by atoms with Gasteiger partial charge in [-0.25, -0.2) is 8.42 Å². The SMILES string of the molecule is CCN(CC)S(=O)(=O)c1cccc(-c2nnc(SCC(=O)N3CCC[C@H](C)C3)n2Cc2ccccc2)c1. The van der Waals surface area contributed by atoms with Crippen LogP contribution in [0.3, 0.4) is 0 Å². The lowest BCUT2D eigenvalue weighted by Crippen LogP contribution is -2.40. The molecule has 198 valence electrons. The summed E-state index contributed by atoms with van der Waals surface area (Å²) >= 11 is 1.38. The summed E-state index contributed by atoms with van der Waals surface area (Å²) in [6.45, 7) is 8.76. The molecule has 0 radical (unpaired) electrons. The van der Waals surface area contributed by atoms with Gasteiger partial charge >= 0.3 is 0 Å². The van der Waals surface area contributed by atoms with Crippen LogP contribution in [0, 0.1) is 5.92 Å². The molecule has 0 spiro atoms. The van der Waals surface area contributed by atoms with Gasteiger partial charge in [-0.05, 0) is 36.5 Å². The van der Waals surface area contributed by atoms with Crippen molar-refractivity contribution in [3.8, 4) is 11.4 Å². The third-order valence-corrected chi connectivity index (χ3v) is 9.67. The van der Waals surface area contributed by atoms with E-state index in [1.807, 2.05) is 59.7 Å². The number of piperidine rings is 1. The molecule has 1 aliphatic rings. The molecule has 0 N–H and O–H groups in total. The number of amides is 1. The Morgan fingerprint density at radius 3 is 2.54 bits per heavy atom. The monoisotopic (exact) mass is 541 g/mol. The van der Waals surface area contributed by atoms with Crippen molar-refractivity contribution in [2.45, 2.75) is 50.2 Å². The number of likely N-dealkylation sites (tertiary alicyclic amines) is 1. The summed E-state index contributed by atoms with van der Waals surface area (Å²) in [7, 11) is -3.61. The molecular weight excluding hydrogens is 506 g/mol. The number of sulfonamides is 1. The summed E-state index contributed by atoms with van der Waals surface area (Å²) in [5, 5.41) is 9.51.